The van der Waals surface area contributed by atoms with Crippen LogP contribution in [0.4, 0.5) is 0 Å². The average Bonchev–Trinajstić information content (AvgIpc) is 2.99. The topological polar surface area (TPSA) is 33.6 Å². The lowest BCUT2D eigenvalue weighted by atomic mass is 10.1. The Morgan fingerprint density at radius 3 is 2.64 bits per heavy atom. The molecule has 2 aromatic carbocycles. The van der Waals surface area contributed by atoms with Gasteiger partial charge in [0.15, 0.2) is 0 Å². The fourth-order valence-corrected chi connectivity index (χ4v) is 2.69. The first-order chi connectivity index (χ1) is 10.7. The number of benzene rings is 2. The van der Waals surface area contributed by atoms with Gasteiger partial charge in [-0.05, 0) is 29.3 Å². The van der Waals surface area contributed by atoms with Crippen LogP contribution in [0.1, 0.15) is 17.5 Å². The van der Waals surface area contributed by atoms with E-state index < -0.39 is 0 Å². The zero-order valence-corrected chi connectivity index (χ0v) is 13.4. The predicted molar refractivity (Wildman–Crippen MR) is 90.6 cm³/mol. The Kier molecular flexibility index (Phi) is 4.98. The van der Waals surface area contributed by atoms with Crippen LogP contribution in [0.5, 0.6) is 0 Å². The smallest absolute Gasteiger partial charge is 0.145 e. The Hall–Kier alpha value is -1.55. The monoisotopic (exact) mass is 334 g/mol. The molecule has 1 heterocycles. The van der Waals surface area contributed by atoms with Crippen LogP contribution in [0, 0.1) is 0 Å². The van der Waals surface area contributed by atoms with Crippen molar-refractivity contribution in [2.45, 2.75) is 19.1 Å². The van der Waals surface area contributed by atoms with Crippen molar-refractivity contribution in [3.63, 3.8) is 0 Å². The highest BCUT2D eigenvalue weighted by Crippen LogP contribution is 2.19. The number of hydrogen-bond donors (Lipinski definition) is 1. The average molecular weight is 335 g/mol. The van der Waals surface area contributed by atoms with Gasteiger partial charge in [-0.1, -0.05) is 58.7 Å². The molecule has 0 fully saturated rings. The van der Waals surface area contributed by atoms with Crippen LogP contribution in [0.15, 0.2) is 53.7 Å². The summed E-state index contributed by atoms with van der Waals surface area (Å²) >= 11 is 12.0. The highest BCUT2D eigenvalue weighted by atomic mass is 35.5. The van der Waals surface area contributed by atoms with Crippen LogP contribution in [0.3, 0.4) is 0 Å². The maximum atomic E-state index is 6.13. The summed E-state index contributed by atoms with van der Waals surface area (Å²) in [4.78, 5) is 5.48. The number of hydrogen-bond acceptors (Lipinski definition) is 3. The number of nitrogens with zero attached hydrogens (tertiary/aromatic N) is 1. The molecular weight excluding hydrogens is 319 g/mol. The second-order valence-corrected chi connectivity index (χ2v) is 6.04. The molecule has 0 saturated heterocycles. The van der Waals surface area contributed by atoms with Crippen molar-refractivity contribution in [1.82, 2.24) is 5.32 Å². The Balaban J connectivity index is 1.48. The molecule has 0 bridgehead atoms. The molecule has 0 amide bonds. The third-order valence-corrected chi connectivity index (χ3v) is 4.18. The minimum Gasteiger partial charge on any atom is -0.390 e. The first-order valence-electron chi connectivity index (χ1n) is 7.15. The van der Waals surface area contributed by atoms with E-state index in [1.165, 1.54) is 0 Å². The van der Waals surface area contributed by atoms with Gasteiger partial charge in [-0.15, -0.1) is 0 Å². The molecular formula is C17H16Cl2N2O. The minimum absolute atomic E-state index is 0.0492. The quantitative estimate of drug-likeness (QED) is 0.885. The SMILES string of the molecule is Clc1ccc(C2=NO[C@@H](CNCc3ccccc3Cl)C2)cc1. The summed E-state index contributed by atoms with van der Waals surface area (Å²) in [6.45, 7) is 1.45. The van der Waals surface area contributed by atoms with Crippen molar-refractivity contribution in [1.29, 1.82) is 0 Å². The Morgan fingerprint density at radius 1 is 1.09 bits per heavy atom. The lowest BCUT2D eigenvalue weighted by Gasteiger charge is -2.10. The molecule has 114 valence electrons. The molecule has 1 aliphatic rings. The van der Waals surface area contributed by atoms with Gasteiger partial charge in [0.1, 0.15) is 6.10 Å². The highest BCUT2D eigenvalue weighted by Gasteiger charge is 2.21. The van der Waals surface area contributed by atoms with Gasteiger partial charge in [-0.25, -0.2) is 0 Å². The fourth-order valence-electron chi connectivity index (χ4n) is 2.36. The van der Waals surface area contributed by atoms with Crippen LogP contribution < -0.4 is 5.32 Å². The third kappa shape index (κ3) is 3.80. The fraction of sp³-hybridized carbons (Fsp3) is 0.235. The van der Waals surface area contributed by atoms with E-state index in [1.807, 2.05) is 48.5 Å². The van der Waals surface area contributed by atoms with Crippen LogP contribution in [-0.2, 0) is 11.4 Å². The van der Waals surface area contributed by atoms with E-state index in [9.17, 15) is 0 Å². The van der Waals surface area contributed by atoms with Crippen molar-refractivity contribution in [2.75, 3.05) is 6.54 Å². The molecule has 1 aliphatic heterocycles. The summed E-state index contributed by atoms with van der Waals surface area (Å²) < 4.78 is 0. The molecule has 3 rings (SSSR count). The van der Waals surface area contributed by atoms with Crippen molar-refractivity contribution in [2.24, 2.45) is 5.16 Å². The second kappa shape index (κ2) is 7.14. The van der Waals surface area contributed by atoms with Gasteiger partial charge in [-0.3, -0.25) is 0 Å². The molecule has 1 N–H and O–H groups in total. The molecule has 22 heavy (non-hydrogen) atoms. The predicted octanol–water partition coefficient (Wildman–Crippen LogP) is 4.28. The first kappa shape index (κ1) is 15.3. The van der Waals surface area contributed by atoms with Gasteiger partial charge in [0.05, 0.1) is 5.71 Å². The maximum Gasteiger partial charge on any atom is 0.145 e. The third-order valence-electron chi connectivity index (χ3n) is 3.56. The number of oxime groups is 1. The lowest BCUT2D eigenvalue weighted by Crippen LogP contribution is -2.26. The molecule has 1 atom stereocenters. The molecule has 0 unspecified atom stereocenters. The summed E-state index contributed by atoms with van der Waals surface area (Å²) in [5.41, 5.74) is 3.10. The van der Waals surface area contributed by atoms with E-state index in [1.54, 1.807) is 0 Å². The minimum atomic E-state index is 0.0492. The van der Waals surface area contributed by atoms with E-state index in [2.05, 4.69) is 10.5 Å². The Labute approximate surface area is 139 Å². The molecule has 5 heteroatoms. The van der Waals surface area contributed by atoms with Crippen molar-refractivity contribution in [3.05, 3.63) is 69.7 Å². The number of nitrogens with one attached hydrogen (secondary N) is 1. The highest BCUT2D eigenvalue weighted by molar-refractivity contribution is 6.31. The van der Waals surface area contributed by atoms with Crippen LogP contribution >= 0.6 is 23.2 Å². The van der Waals surface area contributed by atoms with Gasteiger partial charge in [-0.2, -0.15) is 0 Å². The summed E-state index contributed by atoms with van der Waals surface area (Å²) in [6.07, 6.45) is 0.838. The zero-order valence-electron chi connectivity index (χ0n) is 11.9. The number of rotatable bonds is 5. The molecule has 0 spiro atoms. The van der Waals surface area contributed by atoms with E-state index in [-0.39, 0.29) is 6.10 Å². The zero-order chi connectivity index (χ0) is 15.4. The Morgan fingerprint density at radius 2 is 1.86 bits per heavy atom. The molecule has 0 aliphatic carbocycles. The summed E-state index contributed by atoms with van der Waals surface area (Å²) in [6, 6.07) is 15.5. The van der Waals surface area contributed by atoms with Crippen molar-refractivity contribution in [3.8, 4) is 0 Å². The maximum absolute atomic E-state index is 6.13. The van der Waals surface area contributed by atoms with Crippen LogP contribution in [0.2, 0.25) is 10.0 Å². The molecule has 2 aromatic rings. The first-order valence-corrected chi connectivity index (χ1v) is 7.91. The molecule has 0 aromatic heterocycles. The van der Waals surface area contributed by atoms with Crippen molar-refractivity contribution < 1.29 is 4.84 Å². The summed E-state index contributed by atoms with van der Waals surface area (Å²) in [5.74, 6) is 0. The lowest BCUT2D eigenvalue weighted by molar-refractivity contribution is 0.0848. The molecule has 0 radical (unpaired) electrons. The van der Waals surface area contributed by atoms with E-state index in [4.69, 9.17) is 28.0 Å². The van der Waals surface area contributed by atoms with Crippen LogP contribution in [0.25, 0.3) is 0 Å². The van der Waals surface area contributed by atoms with Gasteiger partial charge >= 0.3 is 0 Å². The Bertz CT molecular complexity index is 671. The van der Waals surface area contributed by atoms with Gasteiger partial charge in [0.25, 0.3) is 0 Å². The standard InChI is InChI=1S/C17H16Cl2N2O/c18-14-7-5-12(6-8-14)17-9-15(22-21-17)11-20-10-13-3-1-2-4-16(13)19/h1-8,15,20H,9-11H2/t15-/m1/s1. The van der Waals surface area contributed by atoms with Gasteiger partial charge in [0, 0.05) is 29.6 Å². The van der Waals surface area contributed by atoms with E-state index in [0.717, 1.165) is 46.4 Å². The normalized spacial score (nSPS) is 17.2. The molecule has 0 saturated carbocycles. The summed E-state index contributed by atoms with van der Waals surface area (Å²) in [5, 5.41) is 9.03. The van der Waals surface area contributed by atoms with E-state index >= 15 is 0 Å². The van der Waals surface area contributed by atoms with E-state index in [0.29, 0.717) is 0 Å². The second-order valence-electron chi connectivity index (χ2n) is 5.20. The summed E-state index contributed by atoms with van der Waals surface area (Å²) in [7, 11) is 0. The van der Waals surface area contributed by atoms with Crippen LogP contribution in [-0.4, -0.2) is 18.4 Å². The molecule has 3 nitrogen and oxygen atoms in total. The van der Waals surface area contributed by atoms with Gasteiger partial charge in [0.2, 0.25) is 0 Å². The van der Waals surface area contributed by atoms with Gasteiger partial charge < -0.3 is 10.2 Å². The number of halogens is 2. The largest absolute Gasteiger partial charge is 0.390 e. The van der Waals surface area contributed by atoms with Crippen molar-refractivity contribution >= 4 is 28.9 Å².